The molecule has 0 spiro atoms. The van der Waals surface area contributed by atoms with E-state index in [-0.39, 0.29) is 6.04 Å². The molecule has 0 saturated carbocycles. The van der Waals surface area contributed by atoms with Gasteiger partial charge in [0, 0.05) is 11.8 Å². The molecule has 0 radical (unpaired) electrons. The predicted molar refractivity (Wildman–Crippen MR) is 62.0 cm³/mol. The van der Waals surface area contributed by atoms with Gasteiger partial charge < -0.3 is 10.1 Å². The molecule has 0 aromatic carbocycles. The standard InChI is InChI=1S/C12H18N2O/c1-4-7-14-11(5-2)10-6-8-13-9-12(10)15-3/h5-6,8-9,11,14H,2,4,7H2,1,3H3. The predicted octanol–water partition coefficient (Wildman–Crippen LogP) is 2.32. The van der Waals surface area contributed by atoms with Crippen LogP contribution in [-0.2, 0) is 0 Å². The summed E-state index contributed by atoms with van der Waals surface area (Å²) in [5, 5.41) is 3.38. The maximum Gasteiger partial charge on any atom is 0.142 e. The van der Waals surface area contributed by atoms with Crippen molar-refractivity contribution in [3.8, 4) is 5.75 Å². The van der Waals surface area contributed by atoms with E-state index in [0.29, 0.717) is 0 Å². The molecule has 1 atom stereocenters. The Bertz CT molecular complexity index is 312. The van der Waals surface area contributed by atoms with Crippen molar-refractivity contribution in [2.45, 2.75) is 19.4 Å². The summed E-state index contributed by atoms with van der Waals surface area (Å²) in [6.45, 7) is 6.92. The monoisotopic (exact) mass is 206 g/mol. The number of methoxy groups -OCH3 is 1. The largest absolute Gasteiger partial charge is 0.495 e. The van der Waals surface area contributed by atoms with Crippen LogP contribution >= 0.6 is 0 Å². The van der Waals surface area contributed by atoms with Crippen LogP contribution in [0.2, 0.25) is 0 Å². The van der Waals surface area contributed by atoms with E-state index < -0.39 is 0 Å². The van der Waals surface area contributed by atoms with E-state index in [4.69, 9.17) is 4.74 Å². The summed E-state index contributed by atoms with van der Waals surface area (Å²) in [5.41, 5.74) is 1.08. The quantitative estimate of drug-likeness (QED) is 0.725. The van der Waals surface area contributed by atoms with Crippen LogP contribution < -0.4 is 10.1 Å². The van der Waals surface area contributed by atoms with Crippen LogP contribution in [0.5, 0.6) is 5.75 Å². The zero-order valence-corrected chi connectivity index (χ0v) is 9.36. The number of aromatic nitrogens is 1. The summed E-state index contributed by atoms with van der Waals surface area (Å²) in [4.78, 5) is 4.03. The Morgan fingerprint density at radius 2 is 2.47 bits per heavy atom. The molecule has 0 fully saturated rings. The summed E-state index contributed by atoms with van der Waals surface area (Å²) in [5.74, 6) is 0.797. The van der Waals surface area contributed by atoms with Crippen LogP contribution in [0.3, 0.4) is 0 Å². The van der Waals surface area contributed by atoms with Gasteiger partial charge in [-0.05, 0) is 19.0 Å². The fourth-order valence-electron chi connectivity index (χ4n) is 1.44. The SMILES string of the molecule is C=CC(NCCC)c1ccncc1OC. The van der Waals surface area contributed by atoms with Crippen molar-refractivity contribution in [2.75, 3.05) is 13.7 Å². The molecule has 0 amide bonds. The number of ether oxygens (including phenoxy) is 1. The third-order valence-corrected chi connectivity index (χ3v) is 2.22. The van der Waals surface area contributed by atoms with Crippen molar-refractivity contribution in [3.63, 3.8) is 0 Å². The first-order valence-electron chi connectivity index (χ1n) is 5.17. The fraction of sp³-hybridized carbons (Fsp3) is 0.417. The van der Waals surface area contributed by atoms with Gasteiger partial charge in [-0.3, -0.25) is 4.98 Å². The van der Waals surface area contributed by atoms with Crippen LogP contribution in [0.25, 0.3) is 0 Å². The molecule has 15 heavy (non-hydrogen) atoms. The lowest BCUT2D eigenvalue weighted by Crippen LogP contribution is -2.20. The molecule has 3 heteroatoms. The van der Waals surface area contributed by atoms with Gasteiger partial charge in [0.1, 0.15) is 5.75 Å². The van der Waals surface area contributed by atoms with Gasteiger partial charge in [0.05, 0.1) is 19.3 Å². The third kappa shape index (κ3) is 3.06. The molecule has 82 valence electrons. The highest BCUT2D eigenvalue weighted by atomic mass is 16.5. The summed E-state index contributed by atoms with van der Waals surface area (Å²) >= 11 is 0. The van der Waals surface area contributed by atoms with Crippen LogP contribution in [0.1, 0.15) is 24.9 Å². The average molecular weight is 206 g/mol. The molecular weight excluding hydrogens is 188 g/mol. The smallest absolute Gasteiger partial charge is 0.142 e. The van der Waals surface area contributed by atoms with Gasteiger partial charge in [-0.25, -0.2) is 0 Å². The van der Waals surface area contributed by atoms with Crippen molar-refractivity contribution in [1.29, 1.82) is 0 Å². The first kappa shape index (κ1) is 11.7. The van der Waals surface area contributed by atoms with Crippen molar-refractivity contribution in [3.05, 3.63) is 36.7 Å². The van der Waals surface area contributed by atoms with Crippen molar-refractivity contribution < 1.29 is 4.74 Å². The van der Waals surface area contributed by atoms with E-state index in [1.165, 1.54) is 0 Å². The lowest BCUT2D eigenvalue weighted by Gasteiger charge is -2.17. The molecule has 0 aliphatic carbocycles. The Morgan fingerprint density at radius 1 is 1.67 bits per heavy atom. The molecule has 0 saturated heterocycles. The molecule has 0 bridgehead atoms. The normalized spacial score (nSPS) is 12.1. The molecule has 1 N–H and O–H groups in total. The number of pyridine rings is 1. The van der Waals surface area contributed by atoms with Crippen LogP contribution in [0, 0.1) is 0 Å². The first-order chi connectivity index (χ1) is 7.33. The molecule has 0 aliphatic rings. The second kappa shape index (κ2) is 6.19. The fourth-order valence-corrected chi connectivity index (χ4v) is 1.44. The Hall–Kier alpha value is -1.35. The van der Waals surface area contributed by atoms with Crippen LogP contribution in [-0.4, -0.2) is 18.6 Å². The second-order valence-corrected chi connectivity index (χ2v) is 3.29. The van der Waals surface area contributed by atoms with Gasteiger partial charge in [0.25, 0.3) is 0 Å². The lowest BCUT2D eigenvalue weighted by molar-refractivity contribution is 0.402. The zero-order valence-electron chi connectivity index (χ0n) is 9.36. The maximum absolute atomic E-state index is 5.26. The van der Waals surface area contributed by atoms with Crippen LogP contribution in [0.4, 0.5) is 0 Å². The molecule has 1 unspecified atom stereocenters. The Morgan fingerprint density at radius 3 is 3.07 bits per heavy atom. The topological polar surface area (TPSA) is 34.2 Å². The van der Waals surface area contributed by atoms with E-state index in [1.807, 2.05) is 12.1 Å². The highest BCUT2D eigenvalue weighted by molar-refractivity contribution is 5.34. The molecule has 0 aliphatic heterocycles. The molecule has 1 aromatic heterocycles. The first-order valence-corrected chi connectivity index (χ1v) is 5.17. The molecular formula is C12H18N2O. The third-order valence-electron chi connectivity index (χ3n) is 2.22. The van der Waals surface area contributed by atoms with Crippen molar-refractivity contribution in [1.82, 2.24) is 10.3 Å². The van der Waals surface area contributed by atoms with E-state index in [1.54, 1.807) is 19.5 Å². The van der Waals surface area contributed by atoms with Gasteiger partial charge in [0.2, 0.25) is 0 Å². The highest BCUT2D eigenvalue weighted by Crippen LogP contribution is 2.24. The second-order valence-electron chi connectivity index (χ2n) is 3.29. The average Bonchev–Trinajstić information content (AvgIpc) is 2.30. The summed E-state index contributed by atoms with van der Waals surface area (Å²) in [7, 11) is 1.65. The summed E-state index contributed by atoms with van der Waals surface area (Å²) < 4.78 is 5.26. The zero-order chi connectivity index (χ0) is 11.1. The number of rotatable bonds is 6. The summed E-state index contributed by atoms with van der Waals surface area (Å²) in [6, 6.07) is 2.08. The number of nitrogens with one attached hydrogen (secondary N) is 1. The Balaban J connectivity index is 2.85. The van der Waals surface area contributed by atoms with Gasteiger partial charge in [-0.2, -0.15) is 0 Å². The Kier molecular flexibility index (Phi) is 4.84. The van der Waals surface area contributed by atoms with Gasteiger partial charge in [-0.1, -0.05) is 13.0 Å². The number of hydrogen-bond acceptors (Lipinski definition) is 3. The molecule has 1 rings (SSSR count). The molecule has 3 nitrogen and oxygen atoms in total. The highest BCUT2D eigenvalue weighted by Gasteiger charge is 2.11. The Labute approximate surface area is 91.2 Å². The van der Waals surface area contributed by atoms with Gasteiger partial charge in [-0.15, -0.1) is 6.58 Å². The van der Waals surface area contributed by atoms with Crippen molar-refractivity contribution >= 4 is 0 Å². The summed E-state index contributed by atoms with van der Waals surface area (Å²) in [6.07, 6.45) is 6.46. The molecule has 1 aromatic rings. The van der Waals surface area contributed by atoms with E-state index in [9.17, 15) is 0 Å². The minimum absolute atomic E-state index is 0.128. The lowest BCUT2D eigenvalue weighted by atomic mass is 10.1. The van der Waals surface area contributed by atoms with E-state index >= 15 is 0 Å². The minimum atomic E-state index is 0.128. The number of hydrogen-bond donors (Lipinski definition) is 1. The number of nitrogens with zero attached hydrogens (tertiary/aromatic N) is 1. The minimum Gasteiger partial charge on any atom is -0.495 e. The molecule has 1 heterocycles. The van der Waals surface area contributed by atoms with E-state index in [0.717, 1.165) is 24.3 Å². The van der Waals surface area contributed by atoms with E-state index in [2.05, 4.69) is 23.8 Å². The van der Waals surface area contributed by atoms with Gasteiger partial charge >= 0.3 is 0 Å². The maximum atomic E-state index is 5.26. The van der Waals surface area contributed by atoms with Gasteiger partial charge in [0.15, 0.2) is 0 Å². The van der Waals surface area contributed by atoms with Crippen molar-refractivity contribution in [2.24, 2.45) is 0 Å². The van der Waals surface area contributed by atoms with Crippen LogP contribution in [0.15, 0.2) is 31.1 Å².